The van der Waals surface area contributed by atoms with Gasteiger partial charge in [0.25, 0.3) is 0 Å². The molecule has 0 amide bonds. The van der Waals surface area contributed by atoms with Crippen molar-refractivity contribution >= 4 is 10.7 Å². The molecule has 3 heteroatoms. The van der Waals surface area contributed by atoms with Gasteiger partial charge in [0.05, 0.1) is 0 Å². The van der Waals surface area contributed by atoms with Crippen LogP contribution in [0.3, 0.4) is 0 Å². The summed E-state index contributed by atoms with van der Waals surface area (Å²) in [6.07, 6.45) is 1.78. The SMILES string of the molecule is CS(=N)c1ccc(F)cc1. The smallest absolute Gasteiger partial charge is 0.123 e. The van der Waals surface area contributed by atoms with E-state index in [-0.39, 0.29) is 5.82 Å². The highest BCUT2D eigenvalue weighted by atomic mass is 32.2. The molecule has 0 bridgehead atoms. The zero-order valence-corrected chi connectivity index (χ0v) is 6.41. The van der Waals surface area contributed by atoms with Crippen LogP contribution in [0, 0.1) is 10.6 Å². The van der Waals surface area contributed by atoms with Gasteiger partial charge in [0, 0.05) is 4.90 Å². The number of halogens is 1. The molecule has 0 fully saturated rings. The van der Waals surface area contributed by atoms with Crippen molar-refractivity contribution in [3.63, 3.8) is 0 Å². The van der Waals surface area contributed by atoms with Crippen molar-refractivity contribution in [1.29, 1.82) is 4.78 Å². The molecule has 0 aliphatic carbocycles. The maximum Gasteiger partial charge on any atom is 0.123 e. The van der Waals surface area contributed by atoms with Gasteiger partial charge in [-0.15, -0.1) is 0 Å². The Labute approximate surface area is 61.8 Å². The summed E-state index contributed by atoms with van der Waals surface area (Å²) >= 11 is 0. The minimum atomic E-state index is -0.504. The number of rotatable bonds is 1. The second-order valence-electron chi connectivity index (χ2n) is 1.96. The Morgan fingerprint density at radius 2 is 1.80 bits per heavy atom. The van der Waals surface area contributed by atoms with Gasteiger partial charge in [0.1, 0.15) is 5.82 Å². The Kier molecular flexibility index (Phi) is 2.17. The summed E-state index contributed by atoms with van der Waals surface area (Å²) < 4.78 is 19.6. The van der Waals surface area contributed by atoms with Gasteiger partial charge in [0.15, 0.2) is 0 Å². The van der Waals surface area contributed by atoms with Crippen molar-refractivity contribution in [2.24, 2.45) is 0 Å². The Morgan fingerprint density at radius 1 is 1.30 bits per heavy atom. The minimum absolute atomic E-state index is 0.241. The average molecular weight is 157 g/mol. The fraction of sp³-hybridized carbons (Fsp3) is 0.143. The van der Waals surface area contributed by atoms with Crippen LogP contribution < -0.4 is 0 Å². The fourth-order valence-corrected chi connectivity index (χ4v) is 1.18. The monoisotopic (exact) mass is 157 g/mol. The van der Waals surface area contributed by atoms with Crippen LogP contribution >= 0.6 is 0 Å². The van der Waals surface area contributed by atoms with Crippen LogP contribution in [0.1, 0.15) is 0 Å². The molecular weight excluding hydrogens is 149 g/mol. The molecule has 1 unspecified atom stereocenters. The maximum absolute atomic E-state index is 12.3. The summed E-state index contributed by atoms with van der Waals surface area (Å²) in [5.74, 6) is -0.241. The lowest BCUT2D eigenvalue weighted by Crippen LogP contribution is -1.84. The van der Waals surface area contributed by atoms with Gasteiger partial charge in [-0.25, -0.2) is 4.39 Å². The average Bonchev–Trinajstić information content (AvgIpc) is 1.88. The van der Waals surface area contributed by atoms with Gasteiger partial charge < -0.3 is 0 Å². The van der Waals surface area contributed by atoms with Gasteiger partial charge in [-0.3, -0.25) is 4.78 Å². The molecule has 10 heavy (non-hydrogen) atoms. The zero-order chi connectivity index (χ0) is 7.56. The highest BCUT2D eigenvalue weighted by Crippen LogP contribution is 2.05. The van der Waals surface area contributed by atoms with E-state index in [4.69, 9.17) is 4.78 Å². The number of hydrogen-bond donors (Lipinski definition) is 1. The van der Waals surface area contributed by atoms with Gasteiger partial charge in [-0.2, -0.15) is 0 Å². The van der Waals surface area contributed by atoms with E-state index in [1.165, 1.54) is 12.1 Å². The third-order valence-electron chi connectivity index (χ3n) is 1.17. The lowest BCUT2D eigenvalue weighted by Gasteiger charge is -1.96. The summed E-state index contributed by atoms with van der Waals surface area (Å²) in [6.45, 7) is 0. The molecule has 1 N–H and O–H groups in total. The first-order valence-corrected chi connectivity index (χ1v) is 4.46. The van der Waals surface area contributed by atoms with Crippen LogP contribution in [0.15, 0.2) is 29.2 Å². The van der Waals surface area contributed by atoms with Crippen LogP contribution in [-0.2, 0) is 10.7 Å². The van der Waals surface area contributed by atoms with Crippen molar-refractivity contribution in [2.45, 2.75) is 4.90 Å². The zero-order valence-electron chi connectivity index (χ0n) is 5.60. The van der Waals surface area contributed by atoms with Crippen molar-refractivity contribution in [3.8, 4) is 0 Å². The van der Waals surface area contributed by atoms with Gasteiger partial charge in [-0.05, 0) is 30.5 Å². The van der Waals surface area contributed by atoms with Crippen LogP contribution in [0.25, 0.3) is 0 Å². The normalized spacial score (nSPS) is 13.0. The summed E-state index contributed by atoms with van der Waals surface area (Å²) in [5.41, 5.74) is 0. The molecule has 0 aliphatic rings. The van der Waals surface area contributed by atoms with E-state index in [0.29, 0.717) is 0 Å². The molecule has 0 aliphatic heterocycles. The van der Waals surface area contributed by atoms with E-state index in [2.05, 4.69) is 0 Å². The van der Waals surface area contributed by atoms with Crippen LogP contribution in [0.2, 0.25) is 0 Å². The Bertz CT molecular complexity index is 242. The molecule has 1 aromatic rings. The first kappa shape index (κ1) is 7.41. The fourth-order valence-electron chi connectivity index (χ4n) is 0.639. The molecule has 1 aromatic carbocycles. The van der Waals surface area contributed by atoms with E-state index >= 15 is 0 Å². The van der Waals surface area contributed by atoms with Crippen molar-refractivity contribution in [1.82, 2.24) is 0 Å². The van der Waals surface area contributed by atoms with E-state index < -0.39 is 10.7 Å². The maximum atomic E-state index is 12.3. The molecule has 0 aromatic heterocycles. The third-order valence-corrected chi connectivity index (χ3v) is 2.15. The Hall–Kier alpha value is -0.700. The van der Waals surface area contributed by atoms with Gasteiger partial charge in [0.2, 0.25) is 0 Å². The second kappa shape index (κ2) is 2.92. The summed E-state index contributed by atoms with van der Waals surface area (Å²) in [7, 11) is -0.504. The molecule has 1 nitrogen and oxygen atoms in total. The quantitative estimate of drug-likeness (QED) is 0.646. The molecule has 0 saturated carbocycles. The molecule has 1 rings (SSSR count). The molecule has 0 saturated heterocycles. The number of nitrogens with one attached hydrogen (secondary N) is 1. The third kappa shape index (κ3) is 1.64. The van der Waals surface area contributed by atoms with E-state index in [1.54, 1.807) is 18.4 Å². The lowest BCUT2D eigenvalue weighted by atomic mass is 10.4. The molecular formula is C7H8FNS. The minimum Gasteiger partial charge on any atom is -0.276 e. The predicted molar refractivity (Wildman–Crippen MR) is 40.7 cm³/mol. The van der Waals surface area contributed by atoms with E-state index in [9.17, 15) is 4.39 Å². The summed E-state index contributed by atoms with van der Waals surface area (Å²) in [5, 5.41) is 0. The Morgan fingerprint density at radius 3 is 2.20 bits per heavy atom. The van der Waals surface area contributed by atoms with Crippen LogP contribution in [0.4, 0.5) is 4.39 Å². The predicted octanol–water partition coefficient (Wildman–Crippen LogP) is 2.20. The summed E-state index contributed by atoms with van der Waals surface area (Å²) in [4.78, 5) is 0.876. The van der Waals surface area contributed by atoms with E-state index in [1.807, 2.05) is 0 Å². The summed E-state index contributed by atoms with van der Waals surface area (Å²) in [6, 6.07) is 6.05. The molecule has 54 valence electrons. The van der Waals surface area contributed by atoms with Crippen molar-refractivity contribution in [2.75, 3.05) is 6.26 Å². The van der Waals surface area contributed by atoms with Crippen molar-refractivity contribution in [3.05, 3.63) is 30.1 Å². The standard InChI is InChI=1S/C7H8FNS/c1-10(9)7-4-2-6(8)3-5-7/h2-5,9H,1H3. The van der Waals surface area contributed by atoms with Crippen molar-refractivity contribution < 1.29 is 4.39 Å². The van der Waals surface area contributed by atoms with Crippen LogP contribution in [0.5, 0.6) is 0 Å². The molecule has 1 atom stereocenters. The highest BCUT2D eigenvalue weighted by molar-refractivity contribution is 7.85. The van der Waals surface area contributed by atoms with Crippen LogP contribution in [-0.4, -0.2) is 6.26 Å². The number of hydrogen-bond acceptors (Lipinski definition) is 1. The number of benzene rings is 1. The molecule has 0 radical (unpaired) electrons. The Balaban J connectivity index is 3.00. The van der Waals surface area contributed by atoms with Gasteiger partial charge >= 0.3 is 0 Å². The lowest BCUT2D eigenvalue weighted by molar-refractivity contribution is 0.626. The second-order valence-corrected chi connectivity index (χ2v) is 3.46. The van der Waals surface area contributed by atoms with E-state index in [0.717, 1.165) is 4.90 Å². The largest absolute Gasteiger partial charge is 0.276 e. The first-order valence-electron chi connectivity index (χ1n) is 2.83. The van der Waals surface area contributed by atoms with Gasteiger partial charge in [-0.1, -0.05) is 10.7 Å². The first-order chi connectivity index (χ1) is 4.70. The topological polar surface area (TPSA) is 23.9 Å². The molecule has 0 heterocycles. The highest BCUT2D eigenvalue weighted by Gasteiger charge is 1.92. The molecule has 0 spiro atoms.